The van der Waals surface area contributed by atoms with E-state index < -0.39 is 0 Å². The van der Waals surface area contributed by atoms with Crippen molar-refractivity contribution in [2.75, 3.05) is 33.5 Å². The van der Waals surface area contributed by atoms with Crippen LogP contribution in [0.5, 0.6) is 5.75 Å². The highest BCUT2D eigenvalue weighted by Crippen LogP contribution is 2.19. The van der Waals surface area contributed by atoms with Crippen molar-refractivity contribution in [2.24, 2.45) is 0 Å². The van der Waals surface area contributed by atoms with Crippen molar-refractivity contribution in [1.82, 2.24) is 0 Å². The molecule has 4 nitrogen and oxygen atoms in total. The molecule has 0 unspecified atom stereocenters. The number of benzene rings is 1. The maximum atomic E-state index is 11.7. The van der Waals surface area contributed by atoms with Crippen LogP contribution in [-0.4, -0.2) is 39.3 Å². The van der Waals surface area contributed by atoms with Gasteiger partial charge in [0.25, 0.3) is 0 Å². The van der Waals surface area contributed by atoms with Crippen LogP contribution in [0, 0.1) is 0 Å². The fourth-order valence-electron chi connectivity index (χ4n) is 1.63. The van der Waals surface area contributed by atoms with Crippen molar-refractivity contribution in [3.63, 3.8) is 0 Å². The molecule has 0 fully saturated rings. The summed E-state index contributed by atoms with van der Waals surface area (Å²) in [6.45, 7) is 4.17. The van der Waals surface area contributed by atoms with Crippen LogP contribution in [0.3, 0.4) is 0 Å². The van der Waals surface area contributed by atoms with Gasteiger partial charge in [-0.05, 0) is 18.6 Å². The van der Waals surface area contributed by atoms with Gasteiger partial charge in [0.1, 0.15) is 12.4 Å². The zero-order valence-corrected chi connectivity index (χ0v) is 11.7. The Balaban J connectivity index is 2.31. The molecule has 1 aromatic carbocycles. The lowest BCUT2D eigenvalue weighted by atomic mass is 10.1. The molecule has 4 heteroatoms. The molecule has 0 bridgehead atoms. The van der Waals surface area contributed by atoms with Gasteiger partial charge in [0.15, 0.2) is 5.78 Å². The molecule has 0 spiro atoms. The molecule has 1 rings (SSSR count). The highest BCUT2D eigenvalue weighted by molar-refractivity contribution is 5.98. The average molecular weight is 266 g/mol. The van der Waals surface area contributed by atoms with Gasteiger partial charge in [-0.25, -0.2) is 0 Å². The fourth-order valence-corrected chi connectivity index (χ4v) is 1.63. The van der Waals surface area contributed by atoms with E-state index in [9.17, 15) is 4.79 Å². The summed E-state index contributed by atoms with van der Waals surface area (Å²) in [6, 6.07) is 7.31. The Bertz CT molecular complexity index is 376. The van der Waals surface area contributed by atoms with E-state index in [1.54, 1.807) is 13.2 Å². The molecule has 0 aliphatic heterocycles. The Morgan fingerprint density at radius 1 is 1.11 bits per heavy atom. The van der Waals surface area contributed by atoms with Crippen LogP contribution in [0.25, 0.3) is 0 Å². The fraction of sp³-hybridized carbons (Fsp3) is 0.533. The largest absolute Gasteiger partial charge is 0.490 e. The molecular weight excluding hydrogens is 244 g/mol. The van der Waals surface area contributed by atoms with Gasteiger partial charge < -0.3 is 14.2 Å². The van der Waals surface area contributed by atoms with Crippen molar-refractivity contribution >= 4 is 5.78 Å². The first kappa shape index (κ1) is 15.7. The summed E-state index contributed by atoms with van der Waals surface area (Å²) >= 11 is 0. The minimum Gasteiger partial charge on any atom is -0.490 e. The van der Waals surface area contributed by atoms with E-state index in [-0.39, 0.29) is 5.78 Å². The maximum absolute atomic E-state index is 11.7. The first-order chi connectivity index (χ1) is 9.29. The highest BCUT2D eigenvalue weighted by atomic mass is 16.5. The normalized spacial score (nSPS) is 10.4. The lowest BCUT2D eigenvalue weighted by molar-refractivity contribution is 0.0798. The molecule has 0 amide bonds. The molecule has 0 aromatic heterocycles. The van der Waals surface area contributed by atoms with E-state index >= 15 is 0 Å². The molecule has 1 aromatic rings. The smallest absolute Gasteiger partial charge is 0.166 e. The number of hydrogen-bond acceptors (Lipinski definition) is 4. The molecule has 0 heterocycles. The Morgan fingerprint density at radius 3 is 2.63 bits per heavy atom. The standard InChI is InChI=1S/C15H22O4/c1-3-14(16)13-7-4-5-8-15(13)19-12-11-18-10-6-9-17-2/h4-5,7-8H,3,6,9-12H2,1-2H3. The third-order valence-electron chi connectivity index (χ3n) is 2.63. The summed E-state index contributed by atoms with van der Waals surface area (Å²) in [4.78, 5) is 11.7. The van der Waals surface area contributed by atoms with Gasteiger partial charge in [0.2, 0.25) is 0 Å². The first-order valence-electron chi connectivity index (χ1n) is 6.61. The Hall–Kier alpha value is -1.39. The van der Waals surface area contributed by atoms with Crippen molar-refractivity contribution in [2.45, 2.75) is 19.8 Å². The van der Waals surface area contributed by atoms with Crippen molar-refractivity contribution < 1.29 is 19.0 Å². The number of para-hydroxylation sites is 1. The molecule has 0 atom stereocenters. The predicted molar refractivity (Wildman–Crippen MR) is 73.9 cm³/mol. The van der Waals surface area contributed by atoms with Crippen LogP contribution < -0.4 is 4.74 Å². The van der Waals surface area contributed by atoms with E-state index in [0.29, 0.717) is 44.2 Å². The number of ketones is 1. The van der Waals surface area contributed by atoms with Gasteiger partial charge in [-0.3, -0.25) is 4.79 Å². The van der Waals surface area contributed by atoms with Crippen molar-refractivity contribution in [3.8, 4) is 5.75 Å². The number of Topliss-reactive ketones (excluding diaryl/α,β-unsaturated/α-hetero) is 1. The monoisotopic (exact) mass is 266 g/mol. The second-order valence-electron chi connectivity index (χ2n) is 4.08. The molecule has 0 N–H and O–H groups in total. The molecule has 0 radical (unpaired) electrons. The number of hydrogen-bond donors (Lipinski definition) is 0. The lowest BCUT2D eigenvalue weighted by Crippen LogP contribution is -2.10. The van der Waals surface area contributed by atoms with Crippen LogP contribution in [0.2, 0.25) is 0 Å². The molecule has 0 saturated carbocycles. The van der Waals surface area contributed by atoms with Gasteiger partial charge in [0, 0.05) is 26.7 Å². The number of carbonyl (C=O) groups excluding carboxylic acids is 1. The van der Waals surface area contributed by atoms with E-state index in [1.165, 1.54) is 0 Å². The van der Waals surface area contributed by atoms with Gasteiger partial charge in [0.05, 0.1) is 12.2 Å². The van der Waals surface area contributed by atoms with E-state index in [2.05, 4.69) is 0 Å². The Kier molecular flexibility index (Phi) is 7.86. The first-order valence-corrected chi connectivity index (χ1v) is 6.61. The minimum absolute atomic E-state index is 0.0941. The number of rotatable bonds is 10. The molecular formula is C15H22O4. The van der Waals surface area contributed by atoms with E-state index in [4.69, 9.17) is 14.2 Å². The Labute approximate surface area is 114 Å². The summed E-state index contributed by atoms with van der Waals surface area (Å²) < 4.78 is 15.9. The second kappa shape index (κ2) is 9.53. The van der Waals surface area contributed by atoms with Crippen LogP contribution in [0.4, 0.5) is 0 Å². The summed E-state index contributed by atoms with van der Waals surface area (Å²) in [5, 5.41) is 0. The van der Waals surface area contributed by atoms with Gasteiger partial charge >= 0.3 is 0 Å². The second-order valence-corrected chi connectivity index (χ2v) is 4.08. The van der Waals surface area contributed by atoms with Crippen molar-refractivity contribution in [1.29, 1.82) is 0 Å². The zero-order chi connectivity index (χ0) is 13.9. The highest BCUT2D eigenvalue weighted by Gasteiger charge is 2.09. The van der Waals surface area contributed by atoms with Crippen LogP contribution in [-0.2, 0) is 9.47 Å². The number of methoxy groups -OCH3 is 1. The molecule has 0 aliphatic rings. The molecule has 19 heavy (non-hydrogen) atoms. The molecule has 106 valence electrons. The van der Waals surface area contributed by atoms with Crippen LogP contribution in [0.15, 0.2) is 24.3 Å². The topological polar surface area (TPSA) is 44.8 Å². The lowest BCUT2D eigenvalue weighted by Gasteiger charge is -2.10. The predicted octanol–water partition coefficient (Wildman–Crippen LogP) is 2.71. The van der Waals surface area contributed by atoms with E-state index in [1.807, 2.05) is 25.1 Å². The third-order valence-corrected chi connectivity index (χ3v) is 2.63. The summed E-state index contributed by atoms with van der Waals surface area (Å²) in [5.41, 5.74) is 0.643. The molecule has 0 aliphatic carbocycles. The minimum atomic E-state index is 0.0941. The zero-order valence-electron chi connectivity index (χ0n) is 11.7. The number of ether oxygens (including phenoxy) is 3. The quantitative estimate of drug-likeness (QED) is 0.482. The van der Waals surface area contributed by atoms with Crippen molar-refractivity contribution in [3.05, 3.63) is 29.8 Å². The summed E-state index contributed by atoms with van der Waals surface area (Å²) in [5.74, 6) is 0.728. The maximum Gasteiger partial charge on any atom is 0.166 e. The average Bonchev–Trinajstić information content (AvgIpc) is 2.46. The van der Waals surface area contributed by atoms with Crippen LogP contribution in [0.1, 0.15) is 30.1 Å². The SMILES string of the molecule is CCC(=O)c1ccccc1OCCOCCCOC. The van der Waals surface area contributed by atoms with Crippen LogP contribution >= 0.6 is 0 Å². The number of carbonyl (C=O) groups is 1. The van der Waals surface area contributed by atoms with Gasteiger partial charge in [-0.15, -0.1) is 0 Å². The third kappa shape index (κ3) is 5.85. The van der Waals surface area contributed by atoms with Gasteiger partial charge in [-0.2, -0.15) is 0 Å². The summed E-state index contributed by atoms with van der Waals surface area (Å²) in [6.07, 6.45) is 1.36. The van der Waals surface area contributed by atoms with E-state index in [0.717, 1.165) is 6.42 Å². The van der Waals surface area contributed by atoms with Gasteiger partial charge in [-0.1, -0.05) is 19.1 Å². The summed E-state index contributed by atoms with van der Waals surface area (Å²) in [7, 11) is 1.67. The Morgan fingerprint density at radius 2 is 1.89 bits per heavy atom. The molecule has 0 saturated heterocycles.